The van der Waals surface area contributed by atoms with Gasteiger partial charge >= 0.3 is 0 Å². The van der Waals surface area contributed by atoms with Gasteiger partial charge in [-0.15, -0.1) is 0 Å². The number of benzene rings is 1. The minimum absolute atomic E-state index is 0.0204. The van der Waals surface area contributed by atoms with Crippen LogP contribution in [0.1, 0.15) is 36.5 Å². The van der Waals surface area contributed by atoms with E-state index in [9.17, 15) is 9.59 Å². The van der Waals surface area contributed by atoms with Gasteiger partial charge in [0.2, 0.25) is 5.91 Å². The van der Waals surface area contributed by atoms with Crippen LogP contribution in [-0.4, -0.2) is 41.5 Å². The molecule has 1 aliphatic heterocycles. The molecule has 1 aromatic rings. The summed E-state index contributed by atoms with van der Waals surface area (Å²) < 4.78 is 0. The fraction of sp³-hybridized carbons (Fsp3) is 0.500. The number of anilines is 1. The van der Waals surface area contributed by atoms with Gasteiger partial charge in [0.15, 0.2) is 0 Å². The average molecular weight is 290 g/mol. The number of nitrogens with zero attached hydrogens (tertiary/aromatic N) is 1. The maximum atomic E-state index is 12.5. The van der Waals surface area contributed by atoms with Crippen LogP contribution in [0.25, 0.3) is 0 Å². The second-order valence-electron chi connectivity index (χ2n) is 5.53. The van der Waals surface area contributed by atoms with Crippen LogP contribution in [0.2, 0.25) is 0 Å². The molecule has 2 N–H and O–H groups in total. The third-order valence-corrected chi connectivity index (χ3v) is 3.80. The van der Waals surface area contributed by atoms with Crippen LogP contribution in [0, 0.1) is 5.92 Å². The van der Waals surface area contributed by atoms with Crippen LogP contribution in [0.3, 0.4) is 0 Å². The molecule has 0 radical (unpaired) electrons. The average Bonchev–Trinajstić information content (AvgIpc) is 2.47. The lowest BCUT2D eigenvalue weighted by molar-refractivity contribution is -0.114. The number of carbonyl (C=O) groups excluding carboxylic acids is 2. The Balaban J connectivity index is 2.00. The molecule has 2 amide bonds. The highest BCUT2D eigenvalue weighted by Crippen LogP contribution is 2.21. The Morgan fingerprint density at radius 2 is 2.05 bits per heavy atom. The number of likely N-dealkylation sites (tertiary alicyclic amines) is 1. The number of carbonyl (C=O) groups is 2. The standard InChI is InChI=1S/C16H22N2O3/c1-12(20)17-15-6-4-14(5-7-15)16(21)18-9-2-3-13(11-18)8-10-19/h4-7,13,19H,2-3,8-11H2,1H3,(H,17,20). The first kappa shape index (κ1) is 15.5. The summed E-state index contributed by atoms with van der Waals surface area (Å²) in [6, 6.07) is 6.96. The van der Waals surface area contributed by atoms with E-state index >= 15 is 0 Å². The van der Waals surface area contributed by atoms with E-state index in [0.29, 0.717) is 23.7 Å². The normalized spacial score (nSPS) is 18.4. The Hall–Kier alpha value is -1.88. The predicted octanol–water partition coefficient (Wildman–Crippen LogP) is 1.88. The third kappa shape index (κ3) is 4.29. The van der Waals surface area contributed by atoms with Gasteiger partial charge < -0.3 is 15.3 Å². The predicted molar refractivity (Wildman–Crippen MR) is 81.1 cm³/mol. The van der Waals surface area contributed by atoms with Crippen molar-refractivity contribution in [1.29, 1.82) is 0 Å². The molecule has 5 nitrogen and oxygen atoms in total. The summed E-state index contributed by atoms with van der Waals surface area (Å²) in [5.74, 6) is 0.287. The van der Waals surface area contributed by atoms with Crippen molar-refractivity contribution in [2.24, 2.45) is 5.92 Å². The summed E-state index contributed by atoms with van der Waals surface area (Å²) in [6.45, 7) is 3.12. The molecule has 0 spiro atoms. The van der Waals surface area contributed by atoms with Gasteiger partial charge in [0.05, 0.1) is 0 Å². The second kappa shape index (κ2) is 7.22. The van der Waals surface area contributed by atoms with Crippen molar-refractivity contribution in [3.63, 3.8) is 0 Å². The fourth-order valence-electron chi connectivity index (χ4n) is 2.75. The molecule has 1 saturated heterocycles. The van der Waals surface area contributed by atoms with Crippen LogP contribution in [0.5, 0.6) is 0 Å². The van der Waals surface area contributed by atoms with Gasteiger partial charge in [0, 0.05) is 37.9 Å². The molecular weight excluding hydrogens is 268 g/mol. The molecule has 0 bridgehead atoms. The third-order valence-electron chi connectivity index (χ3n) is 3.80. The van der Waals surface area contributed by atoms with Gasteiger partial charge in [-0.05, 0) is 49.4 Å². The zero-order chi connectivity index (χ0) is 15.2. The highest BCUT2D eigenvalue weighted by Gasteiger charge is 2.24. The van der Waals surface area contributed by atoms with E-state index < -0.39 is 0 Å². The van der Waals surface area contributed by atoms with Crippen LogP contribution < -0.4 is 5.32 Å². The summed E-state index contributed by atoms with van der Waals surface area (Å²) >= 11 is 0. The first-order valence-electron chi connectivity index (χ1n) is 7.38. The number of piperidine rings is 1. The van der Waals surface area contributed by atoms with E-state index in [1.165, 1.54) is 6.92 Å². The molecule has 0 aromatic heterocycles. The molecule has 2 rings (SSSR count). The van der Waals surface area contributed by atoms with Crippen molar-refractivity contribution >= 4 is 17.5 Å². The van der Waals surface area contributed by atoms with Gasteiger partial charge in [-0.2, -0.15) is 0 Å². The largest absolute Gasteiger partial charge is 0.396 e. The van der Waals surface area contributed by atoms with Gasteiger partial charge in [-0.1, -0.05) is 0 Å². The highest BCUT2D eigenvalue weighted by molar-refractivity contribution is 5.95. The first-order valence-corrected chi connectivity index (χ1v) is 7.38. The summed E-state index contributed by atoms with van der Waals surface area (Å²) in [5.41, 5.74) is 1.32. The molecule has 114 valence electrons. The minimum atomic E-state index is -0.128. The van der Waals surface area contributed by atoms with Crippen molar-refractivity contribution in [3.05, 3.63) is 29.8 Å². The van der Waals surface area contributed by atoms with E-state index in [4.69, 9.17) is 5.11 Å². The Morgan fingerprint density at radius 1 is 1.33 bits per heavy atom. The van der Waals surface area contributed by atoms with E-state index in [2.05, 4.69) is 5.32 Å². The Kier molecular flexibility index (Phi) is 5.33. The molecular formula is C16H22N2O3. The lowest BCUT2D eigenvalue weighted by Gasteiger charge is -2.32. The topological polar surface area (TPSA) is 69.6 Å². The van der Waals surface area contributed by atoms with Crippen LogP contribution in [0.4, 0.5) is 5.69 Å². The van der Waals surface area contributed by atoms with Crippen LogP contribution in [0.15, 0.2) is 24.3 Å². The number of nitrogens with one attached hydrogen (secondary N) is 1. The SMILES string of the molecule is CC(=O)Nc1ccc(C(=O)N2CCCC(CCO)C2)cc1. The molecule has 1 fully saturated rings. The zero-order valence-electron chi connectivity index (χ0n) is 12.3. The van der Waals surface area contributed by atoms with Crippen LogP contribution in [-0.2, 0) is 4.79 Å². The number of amides is 2. The zero-order valence-corrected chi connectivity index (χ0v) is 12.3. The van der Waals surface area contributed by atoms with Crippen molar-refractivity contribution < 1.29 is 14.7 Å². The monoisotopic (exact) mass is 290 g/mol. The molecule has 1 aliphatic rings. The first-order chi connectivity index (χ1) is 10.1. The van der Waals surface area contributed by atoms with E-state index in [0.717, 1.165) is 25.8 Å². The molecule has 5 heteroatoms. The summed E-state index contributed by atoms with van der Waals surface area (Å²) in [5, 5.41) is 11.7. The smallest absolute Gasteiger partial charge is 0.253 e. The van der Waals surface area contributed by atoms with E-state index in [1.807, 2.05) is 4.90 Å². The maximum Gasteiger partial charge on any atom is 0.253 e. The minimum Gasteiger partial charge on any atom is -0.396 e. The number of rotatable bonds is 4. The van der Waals surface area contributed by atoms with Crippen molar-refractivity contribution in [1.82, 2.24) is 4.90 Å². The molecule has 0 aliphatic carbocycles. The van der Waals surface area contributed by atoms with Gasteiger partial charge in [-0.3, -0.25) is 9.59 Å². The molecule has 21 heavy (non-hydrogen) atoms. The number of aliphatic hydroxyl groups excluding tert-OH is 1. The molecule has 1 heterocycles. The van der Waals surface area contributed by atoms with E-state index in [-0.39, 0.29) is 18.4 Å². The molecule has 1 atom stereocenters. The van der Waals surface area contributed by atoms with Crippen molar-refractivity contribution in [2.45, 2.75) is 26.2 Å². The molecule has 0 saturated carbocycles. The second-order valence-corrected chi connectivity index (χ2v) is 5.53. The Morgan fingerprint density at radius 3 is 2.67 bits per heavy atom. The van der Waals surface area contributed by atoms with Crippen molar-refractivity contribution in [2.75, 3.05) is 25.0 Å². The lowest BCUT2D eigenvalue weighted by Crippen LogP contribution is -2.40. The summed E-state index contributed by atoms with van der Waals surface area (Å²) in [6.07, 6.45) is 2.82. The number of hydrogen-bond acceptors (Lipinski definition) is 3. The van der Waals surface area contributed by atoms with Gasteiger partial charge in [0.25, 0.3) is 5.91 Å². The number of aliphatic hydroxyl groups is 1. The van der Waals surface area contributed by atoms with Crippen molar-refractivity contribution in [3.8, 4) is 0 Å². The van der Waals surface area contributed by atoms with Gasteiger partial charge in [0.1, 0.15) is 0 Å². The maximum absolute atomic E-state index is 12.5. The lowest BCUT2D eigenvalue weighted by atomic mass is 9.94. The summed E-state index contributed by atoms with van der Waals surface area (Å²) in [7, 11) is 0. The Bertz CT molecular complexity index is 497. The highest BCUT2D eigenvalue weighted by atomic mass is 16.3. The Labute approximate surface area is 125 Å². The number of hydrogen-bond donors (Lipinski definition) is 2. The van der Waals surface area contributed by atoms with Gasteiger partial charge in [-0.25, -0.2) is 0 Å². The summed E-state index contributed by atoms with van der Waals surface area (Å²) in [4.78, 5) is 25.3. The molecule has 1 aromatic carbocycles. The van der Waals surface area contributed by atoms with E-state index in [1.54, 1.807) is 24.3 Å². The van der Waals surface area contributed by atoms with Crippen LogP contribution >= 0.6 is 0 Å². The molecule has 1 unspecified atom stereocenters. The fourth-order valence-corrected chi connectivity index (χ4v) is 2.75. The quantitative estimate of drug-likeness (QED) is 0.889.